The summed E-state index contributed by atoms with van der Waals surface area (Å²) in [6.45, 7) is 4.02. The van der Waals surface area contributed by atoms with Gasteiger partial charge >= 0.3 is 0 Å². The normalized spacial score (nSPS) is 17.1. The van der Waals surface area contributed by atoms with Crippen molar-refractivity contribution in [2.24, 2.45) is 0 Å². The Labute approximate surface area is 160 Å². The largest absolute Gasteiger partial charge is 0.388 e. The van der Waals surface area contributed by atoms with E-state index in [2.05, 4.69) is 0 Å². The number of benzene rings is 2. The second-order valence-corrected chi connectivity index (χ2v) is 9.21. The lowest BCUT2D eigenvalue weighted by Crippen LogP contribution is -2.37. The smallest absolute Gasteiger partial charge is 0.258 e. The summed E-state index contributed by atoms with van der Waals surface area (Å²) >= 11 is 0. The van der Waals surface area contributed by atoms with Crippen LogP contribution in [0.15, 0.2) is 41.3 Å². The second kappa shape index (κ2) is 7.07. The average molecular weight is 388 g/mol. The standard InChI is InChI=1S/C20H24N2O4S/c1-13-5-8-17-16(11-13)18(23)9-10-22(17)20(24)15-7-6-14(2)19(12-15)27(25,26)21(3)4/h5-8,11-12,18,23H,9-10H2,1-4H3. The predicted molar refractivity (Wildman–Crippen MR) is 104 cm³/mol. The lowest BCUT2D eigenvalue weighted by Gasteiger charge is -2.32. The van der Waals surface area contributed by atoms with Crippen LogP contribution in [-0.4, -0.2) is 44.4 Å². The summed E-state index contributed by atoms with van der Waals surface area (Å²) in [5.74, 6) is -0.276. The van der Waals surface area contributed by atoms with E-state index in [0.717, 1.165) is 15.4 Å². The van der Waals surface area contributed by atoms with E-state index in [1.807, 2.05) is 25.1 Å². The Morgan fingerprint density at radius 2 is 1.85 bits per heavy atom. The number of rotatable bonds is 3. The number of aliphatic hydroxyl groups is 1. The van der Waals surface area contributed by atoms with E-state index in [1.54, 1.807) is 24.0 Å². The van der Waals surface area contributed by atoms with Crippen LogP contribution >= 0.6 is 0 Å². The highest BCUT2D eigenvalue weighted by Gasteiger charge is 2.29. The van der Waals surface area contributed by atoms with Gasteiger partial charge in [0, 0.05) is 37.5 Å². The summed E-state index contributed by atoms with van der Waals surface area (Å²) in [5, 5.41) is 10.3. The lowest BCUT2D eigenvalue weighted by atomic mass is 9.96. The monoisotopic (exact) mass is 388 g/mol. The van der Waals surface area contributed by atoms with Crippen LogP contribution in [0, 0.1) is 13.8 Å². The first kappa shape index (κ1) is 19.5. The second-order valence-electron chi connectivity index (χ2n) is 7.09. The number of hydrogen-bond donors (Lipinski definition) is 1. The van der Waals surface area contributed by atoms with Crippen molar-refractivity contribution < 1.29 is 18.3 Å². The molecule has 1 amide bonds. The van der Waals surface area contributed by atoms with Crippen LogP contribution in [0.4, 0.5) is 5.69 Å². The Hall–Kier alpha value is -2.22. The van der Waals surface area contributed by atoms with Gasteiger partial charge in [-0.1, -0.05) is 23.8 Å². The van der Waals surface area contributed by atoms with Crippen molar-refractivity contribution in [1.82, 2.24) is 4.31 Å². The van der Waals surface area contributed by atoms with Crippen LogP contribution in [0.5, 0.6) is 0 Å². The SMILES string of the molecule is Cc1ccc2c(c1)C(O)CCN2C(=O)c1ccc(C)c(S(=O)(=O)N(C)C)c1. The zero-order chi connectivity index (χ0) is 19.9. The van der Waals surface area contributed by atoms with Crippen LogP contribution in [0.25, 0.3) is 0 Å². The van der Waals surface area contributed by atoms with E-state index in [9.17, 15) is 18.3 Å². The minimum atomic E-state index is -3.65. The third-order valence-electron chi connectivity index (χ3n) is 4.90. The Kier molecular flexibility index (Phi) is 5.12. The maximum absolute atomic E-state index is 13.2. The van der Waals surface area contributed by atoms with Crippen molar-refractivity contribution in [3.63, 3.8) is 0 Å². The van der Waals surface area contributed by atoms with E-state index in [4.69, 9.17) is 0 Å². The fraction of sp³-hybridized carbons (Fsp3) is 0.350. The van der Waals surface area contributed by atoms with Crippen molar-refractivity contribution in [3.05, 3.63) is 58.7 Å². The zero-order valence-corrected chi connectivity index (χ0v) is 16.7. The maximum atomic E-state index is 13.2. The van der Waals surface area contributed by atoms with Gasteiger partial charge in [0.05, 0.1) is 11.0 Å². The summed E-state index contributed by atoms with van der Waals surface area (Å²) < 4.78 is 26.2. The van der Waals surface area contributed by atoms with Gasteiger partial charge in [0.1, 0.15) is 0 Å². The summed E-state index contributed by atoms with van der Waals surface area (Å²) in [6, 6.07) is 10.3. The van der Waals surface area contributed by atoms with Gasteiger partial charge in [0.25, 0.3) is 5.91 Å². The molecule has 2 aromatic carbocycles. The van der Waals surface area contributed by atoms with Crippen molar-refractivity contribution in [2.75, 3.05) is 25.5 Å². The molecule has 0 saturated heterocycles. The number of sulfonamides is 1. The topological polar surface area (TPSA) is 77.9 Å². The van der Waals surface area contributed by atoms with Gasteiger partial charge in [-0.3, -0.25) is 4.79 Å². The fourth-order valence-electron chi connectivity index (χ4n) is 3.29. The number of fused-ring (bicyclic) bond motifs is 1. The molecule has 2 aromatic rings. The molecule has 0 fully saturated rings. The Morgan fingerprint density at radius 3 is 2.52 bits per heavy atom. The molecule has 0 aliphatic carbocycles. The van der Waals surface area contributed by atoms with Crippen LogP contribution < -0.4 is 4.90 Å². The number of aryl methyl sites for hydroxylation is 2. The minimum absolute atomic E-state index is 0.125. The van der Waals surface area contributed by atoms with Gasteiger partial charge in [-0.15, -0.1) is 0 Å². The molecular weight excluding hydrogens is 364 g/mol. The average Bonchev–Trinajstić information content (AvgIpc) is 2.62. The Balaban J connectivity index is 2.05. The van der Waals surface area contributed by atoms with Crippen molar-refractivity contribution in [2.45, 2.75) is 31.3 Å². The summed E-state index contributed by atoms with van der Waals surface area (Å²) in [4.78, 5) is 14.9. The molecule has 0 radical (unpaired) electrons. The molecular formula is C20H24N2O4S. The first-order valence-electron chi connectivity index (χ1n) is 8.76. The highest BCUT2D eigenvalue weighted by atomic mass is 32.2. The number of carbonyl (C=O) groups excluding carboxylic acids is 1. The van der Waals surface area contributed by atoms with Crippen LogP contribution in [-0.2, 0) is 10.0 Å². The van der Waals surface area contributed by atoms with Crippen molar-refractivity contribution in [1.29, 1.82) is 0 Å². The molecule has 144 valence electrons. The van der Waals surface area contributed by atoms with E-state index in [1.165, 1.54) is 20.2 Å². The van der Waals surface area contributed by atoms with Gasteiger partial charge in [0.2, 0.25) is 10.0 Å². The Morgan fingerprint density at radius 1 is 1.15 bits per heavy atom. The van der Waals surface area contributed by atoms with Crippen LogP contribution in [0.1, 0.15) is 39.6 Å². The molecule has 0 aromatic heterocycles. The number of nitrogens with zero attached hydrogens (tertiary/aromatic N) is 2. The van der Waals surface area contributed by atoms with Gasteiger partial charge in [-0.25, -0.2) is 12.7 Å². The molecule has 7 heteroatoms. The molecule has 1 N–H and O–H groups in total. The molecule has 1 atom stereocenters. The number of carbonyl (C=O) groups is 1. The van der Waals surface area contributed by atoms with Crippen LogP contribution in [0.2, 0.25) is 0 Å². The molecule has 0 spiro atoms. The molecule has 1 heterocycles. The summed E-state index contributed by atoms with van der Waals surface area (Å²) in [6.07, 6.45) is -0.164. The predicted octanol–water partition coefficient (Wildman–Crippen LogP) is 2.64. The zero-order valence-electron chi connectivity index (χ0n) is 15.9. The quantitative estimate of drug-likeness (QED) is 0.877. The van der Waals surface area contributed by atoms with Gasteiger partial charge in [-0.05, 0) is 44.0 Å². The molecule has 1 unspecified atom stereocenters. The first-order valence-corrected chi connectivity index (χ1v) is 10.2. The van der Waals surface area contributed by atoms with E-state index >= 15 is 0 Å². The van der Waals surface area contributed by atoms with E-state index in [0.29, 0.717) is 29.8 Å². The molecule has 27 heavy (non-hydrogen) atoms. The molecule has 6 nitrogen and oxygen atoms in total. The lowest BCUT2D eigenvalue weighted by molar-refractivity contribution is 0.0970. The Bertz CT molecular complexity index is 999. The summed E-state index contributed by atoms with van der Waals surface area (Å²) in [5.41, 5.74) is 3.30. The highest BCUT2D eigenvalue weighted by Crippen LogP contribution is 2.35. The van der Waals surface area contributed by atoms with Crippen LogP contribution in [0.3, 0.4) is 0 Å². The molecule has 0 bridgehead atoms. The van der Waals surface area contributed by atoms with Crippen molar-refractivity contribution in [3.8, 4) is 0 Å². The third-order valence-corrected chi connectivity index (χ3v) is 6.85. The molecule has 3 rings (SSSR count). The van der Waals surface area contributed by atoms with E-state index < -0.39 is 16.1 Å². The number of anilines is 1. The van der Waals surface area contributed by atoms with Gasteiger partial charge < -0.3 is 10.0 Å². The number of amides is 1. The van der Waals surface area contributed by atoms with E-state index in [-0.39, 0.29) is 10.8 Å². The maximum Gasteiger partial charge on any atom is 0.258 e. The molecule has 0 saturated carbocycles. The fourth-order valence-corrected chi connectivity index (χ4v) is 4.43. The minimum Gasteiger partial charge on any atom is -0.388 e. The number of aliphatic hydroxyl groups excluding tert-OH is 1. The van der Waals surface area contributed by atoms with Crippen molar-refractivity contribution >= 4 is 21.6 Å². The van der Waals surface area contributed by atoms with Gasteiger partial charge in [-0.2, -0.15) is 0 Å². The highest BCUT2D eigenvalue weighted by molar-refractivity contribution is 7.89. The third kappa shape index (κ3) is 3.50. The first-order chi connectivity index (χ1) is 12.6. The summed E-state index contributed by atoms with van der Waals surface area (Å²) in [7, 11) is -0.714. The van der Waals surface area contributed by atoms with Gasteiger partial charge in [0.15, 0.2) is 0 Å². The molecule has 1 aliphatic heterocycles. The number of hydrogen-bond acceptors (Lipinski definition) is 4. The molecule has 1 aliphatic rings.